The molecule has 1 aliphatic rings. The Hall–Kier alpha value is -0.870. The summed E-state index contributed by atoms with van der Waals surface area (Å²) >= 11 is 0. The van der Waals surface area contributed by atoms with Gasteiger partial charge in [-0.15, -0.1) is 0 Å². The van der Waals surface area contributed by atoms with Crippen LogP contribution in [0.5, 0.6) is 0 Å². The van der Waals surface area contributed by atoms with Crippen molar-refractivity contribution in [2.75, 3.05) is 26.2 Å². The number of likely N-dealkylation sites (tertiary alicyclic amines) is 1. The van der Waals surface area contributed by atoms with Gasteiger partial charge < -0.3 is 14.8 Å². The molecule has 0 bridgehead atoms. The molecule has 2 heterocycles. The lowest BCUT2D eigenvalue weighted by Gasteiger charge is -2.30. The molecule has 0 aromatic carbocycles. The summed E-state index contributed by atoms with van der Waals surface area (Å²) in [6.07, 6.45) is 6.57. The lowest BCUT2D eigenvalue weighted by atomic mass is 9.99. The lowest BCUT2D eigenvalue weighted by molar-refractivity contribution is 0.191. The summed E-state index contributed by atoms with van der Waals surface area (Å²) in [7, 11) is 2.05. The molecule has 1 aromatic rings. The molecule has 1 aliphatic heterocycles. The number of nitrogens with one attached hydrogen (secondary N) is 1. The maximum Gasteiger partial charge on any atom is 0.125 e. The van der Waals surface area contributed by atoms with Crippen molar-refractivity contribution in [1.82, 2.24) is 19.8 Å². The second kappa shape index (κ2) is 6.34. The van der Waals surface area contributed by atoms with Crippen molar-refractivity contribution >= 4 is 0 Å². The van der Waals surface area contributed by atoms with Crippen LogP contribution < -0.4 is 5.32 Å². The molecule has 1 fully saturated rings. The Kier molecular flexibility index (Phi) is 4.78. The van der Waals surface area contributed by atoms with Crippen LogP contribution in [0, 0.1) is 5.92 Å². The molecule has 0 aliphatic carbocycles. The summed E-state index contributed by atoms with van der Waals surface area (Å²) < 4.78 is 2.08. The third-order valence-corrected chi connectivity index (χ3v) is 4.00. The largest absolute Gasteiger partial charge is 0.337 e. The number of aryl methyl sites for hydroxylation is 1. The summed E-state index contributed by atoms with van der Waals surface area (Å²) in [6.45, 7) is 9.27. The highest BCUT2D eigenvalue weighted by atomic mass is 15.2. The molecule has 1 atom stereocenters. The first-order valence-corrected chi connectivity index (χ1v) is 7.09. The van der Waals surface area contributed by atoms with Crippen LogP contribution in [-0.4, -0.2) is 40.6 Å². The minimum atomic E-state index is 0.328. The van der Waals surface area contributed by atoms with Gasteiger partial charge in [0.25, 0.3) is 0 Å². The van der Waals surface area contributed by atoms with Gasteiger partial charge in [-0.05, 0) is 38.8 Å². The smallest absolute Gasteiger partial charge is 0.125 e. The quantitative estimate of drug-likeness (QED) is 0.865. The molecule has 0 amide bonds. The second-order valence-electron chi connectivity index (χ2n) is 5.60. The first kappa shape index (κ1) is 13.6. The summed E-state index contributed by atoms with van der Waals surface area (Å²) in [5.41, 5.74) is 0. The standard InChI is InChI=1S/C14H26N4/c1-12-4-8-18(9-5-12)11-7-15-13(2)14-16-6-10-17(14)3/h6,10,12-13,15H,4-5,7-9,11H2,1-3H3. The molecule has 1 aromatic heterocycles. The third kappa shape index (κ3) is 3.56. The van der Waals surface area contributed by atoms with Gasteiger partial charge in [0.2, 0.25) is 0 Å². The topological polar surface area (TPSA) is 33.1 Å². The molecule has 1 N–H and O–H groups in total. The van der Waals surface area contributed by atoms with E-state index < -0.39 is 0 Å². The number of imidazole rings is 1. The average Bonchev–Trinajstić information content (AvgIpc) is 2.78. The first-order chi connectivity index (χ1) is 8.66. The van der Waals surface area contributed by atoms with Crippen LogP contribution in [0.3, 0.4) is 0 Å². The molecule has 4 heteroatoms. The van der Waals surface area contributed by atoms with E-state index in [1.807, 2.05) is 19.4 Å². The summed E-state index contributed by atoms with van der Waals surface area (Å²) in [5.74, 6) is 2.03. The van der Waals surface area contributed by atoms with E-state index in [1.54, 1.807) is 0 Å². The van der Waals surface area contributed by atoms with Crippen LogP contribution >= 0.6 is 0 Å². The van der Waals surface area contributed by atoms with E-state index >= 15 is 0 Å². The zero-order chi connectivity index (χ0) is 13.0. The number of rotatable bonds is 5. The van der Waals surface area contributed by atoms with Gasteiger partial charge in [-0.2, -0.15) is 0 Å². The summed E-state index contributed by atoms with van der Waals surface area (Å²) in [5, 5.41) is 3.56. The average molecular weight is 250 g/mol. The zero-order valence-electron chi connectivity index (χ0n) is 11.9. The Morgan fingerprint density at radius 3 is 2.78 bits per heavy atom. The van der Waals surface area contributed by atoms with Crippen molar-refractivity contribution in [1.29, 1.82) is 0 Å². The van der Waals surface area contributed by atoms with Gasteiger partial charge in [-0.25, -0.2) is 4.98 Å². The highest BCUT2D eigenvalue weighted by Crippen LogP contribution is 2.15. The molecular formula is C14H26N4. The van der Waals surface area contributed by atoms with Crippen molar-refractivity contribution in [2.24, 2.45) is 13.0 Å². The number of nitrogens with zero attached hydrogens (tertiary/aromatic N) is 3. The zero-order valence-corrected chi connectivity index (χ0v) is 11.9. The maximum absolute atomic E-state index is 4.38. The SMILES string of the molecule is CC1CCN(CCNC(C)c2nccn2C)CC1. The molecule has 18 heavy (non-hydrogen) atoms. The fraction of sp³-hybridized carbons (Fsp3) is 0.786. The van der Waals surface area contributed by atoms with Crippen LogP contribution in [0.25, 0.3) is 0 Å². The van der Waals surface area contributed by atoms with E-state index in [1.165, 1.54) is 25.9 Å². The molecule has 0 saturated carbocycles. The fourth-order valence-electron chi connectivity index (χ4n) is 2.61. The van der Waals surface area contributed by atoms with Gasteiger partial charge >= 0.3 is 0 Å². The van der Waals surface area contributed by atoms with Crippen molar-refractivity contribution in [2.45, 2.75) is 32.7 Å². The van der Waals surface area contributed by atoms with Gasteiger partial charge in [-0.1, -0.05) is 6.92 Å². The Bertz CT molecular complexity index is 352. The van der Waals surface area contributed by atoms with Crippen molar-refractivity contribution in [3.8, 4) is 0 Å². The van der Waals surface area contributed by atoms with E-state index in [9.17, 15) is 0 Å². The highest BCUT2D eigenvalue weighted by Gasteiger charge is 2.15. The minimum Gasteiger partial charge on any atom is -0.337 e. The molecule has 102 valence electrons. The molecule has 1 saturated heterocycles. The van der Waals surface area contributed by atoms with Gasteiger partial charge in [0.05, 0.1) is 6.04 Å². The third-order valence-electron chi connectivity index (χ3n) is 4.00. The number of piperidine rings is 1. The van der Waals surface area contributed by atoms with Crippen molar-refractivity contribution < 1.29 is 0 Å². The van der Waals surface area contributed by atoms with Crippen molar-refractivity contribution in [3.63, 3.8) is 0 Å². The van der Waals surface area contributed by atoms with Crippen LogP contribution in [-0.2, 0) is 7.05 Å². The van der Waals surface area contributed by atoms with E-state index in [4.69, 9.17) is 0 Å². The normalized spacial score (nSPS) is 20.2. The lowest BCUT2D eigenvalue weighted by Crippen LogP contribution is -2.38. The molecule has 2 rings (SSSR count). The summed E-state index contributed by atoms with van der Waals surface area (Å²) in [4.78, 5) is 6.95. The van der Waals surface area contributed by atoms with Crippen LogP contribution in [0.15, 0.2) is 12.4 Å². The highest BCUT2D eigenvalue weighted by molar-refractivity contribution is 4.96. The van der Waals surface area contributed by atoms with Crippen LogP contribution in [0.1, 0.15) is 38.6 Å². The van der Waals surface area contributed by atoms with E-state index in [0.717, 1.165) is 24.8 Å². The molecule has 0 spiro atoms. The minimum absolute atomic E-state index is 0.328. The van der Waals surface area contributed by atoms with E-state index in [-0.39, 0.29) is 0 Å². The number of aromatic nitrogens is 2. The van der Waals surface area contributed by atoms with Crippen LogP contribution in [0.2, 0.25) is 0 Å². The fourth-order valence-corrected chi connectivity index (χ4v) is 2.61. The number of hydrogen-bond acceptors (Lipinski definition) is 3. The first-order valence-electron chi connectivity index (χ1n) is 7.09. The van der Waals surface area contributed by atoms with E-state index in [2.05, 4.69) is 33.6 Å². The molecule has 4 nitrogen and oxygen atoms in total. The summed E-state index contributed by atoms with van der Waals surface area (Å²) in [6, 6.07) is 0.328. The van der Waals surface area contributed by atoms with E-state index in [0.29, 0.717) is 6.04 Å². The molecule has 0 radical (unpaired) electrons. The van der Waals surface area contributed by atoms with Gasteiger partial charge in [0, 0.05) is 32.5 Å². The monoisotopic (exact) mass is 250 g/mol. The number of hydrogen-bond donors (Lipinski definition) is 1. The predicted octanol–water partition coefficient (Wildman–Crippen LogP) is 1.80. The van der Waals surface area contributed by atoms with Crippen molar-refractivity contribution in [3.05, 3.63) is 18.2 Å². The Balaban J connectivity index is 1.68. The Morgan fingerprint density at radius 2 is 2.17 bits per heavy atom. The van der Waals surface area contributed by atoms with Gasteiger partial charge in [0.15, 0.2) is 0 Å². The van der Waals surface area contributed by atoms with Crippen LogP contribution in [0.4, 0.5) is 0 Å². The Morgan fingerprint density at radius 1 is 1.44 bits per heavy atom. The Labute approximate surface area is 110 Å². The molecule has 1 unspecified atom stereocenters. The van der Waals surface area contributed by atoms with Gasteiger partial charge in [-0.3, -0.25) is 0 Å². The maximum atomic E-state index is 4.38. The van der Waals surface area contributed by atoms with Gasteiger partial charge in [0.1, 0.15) is 5.82 Å². The predicted molar refractivity (Wildman–Crippen MR) is 74.5 cm³/mol. The second-order valence-corrected chi connectivity index (χ2v) is 5.60. The molecular weight excluding hydrogens is 224 g/mol.